The Morgan fingerprint density at radius 2 is 1.89 bits per heavy atom. The topological polar surface area (TPSA) is 59.8 Å². The van der Waals surface area contributed by atoms with Gasteiger partial charge in [-0.15, -0.1) is 10.2 Å². The minimum Gasteiger partial charge on any atom is -0.325 e. The number of nitrogens with zero attached hydrogens (tertiary/aromatic N) is 3. The third-order valence-electron chi connectivity index (χ3n) is 5.20. The van der Waals surface area contributed by atoms with Gasteiger partial charge in [0.15, 0.2) is 5.16 Å². The van der Waals surface area contributed by atoms with Gasteiger partial charge < -0.3 is 9.88 Å². The van der Waals surface area contributed by atoms with Crippen molar-refractivity contribution in [2.45, 2.75) is 43.2 Å². The molecular weight excluding hydrogens is 356 g/mol. The summed E-state index contributed by atoms with van der Waals surface area (Å²) in [6, 6.07) is 14.1. The first-order valence-corrected chi connectivity index (χ1v) is 10.5. The standard InChI is InChI=1S/C21H24N4OS/c1-25-20(16-8-3-2-4-9-16)23-24-21(25)27-14-19(26)22-18-12-11-15-7-5-6-10-17(15)13-18/h5-7,10-13,16H,2-4,8-9,14H2,1H3,(H,22,26). The lowest BCUT2D eigenvalue weighted by Gasteiger charge is -2.20. The SMILES string of the molecule is Cn1c(SCC(=O)Nc2ccc3ccccc3c2)nnc1C1CCCCC1. The van der Waals surface area contributed by atoms with Gasteiger partial charge in [0.2, 0.25) is 5.91 Å². The molecule has 1 aliphatic rings. The second kappa shape index (κ2) is 8.13. The maximum atomic E-state index is 12.4. The van der Waals surface area contributed by atoms with E-state index in [1.165, 1.54) is 49.3 Å². The van der Waals surface area contributed by atoms with E-state index in [2.05, 4.69) is 26.1 Å². The van der Waals surface area contributed by atoms with E-state index in [0.29, 0.717) is 11.7 Å². The molecule has 2 aromatic carbocycles. The summed E-state index contributed by atoms with van der Waals surface area (Å²) in [6.45, 7) is 0. The maximum absolute atomic E-state index is 12.4. The first-order valence-electron chi connectivity index (χ1n) is 9.51. The van der Waals surface area contributed by atoms with E-state index >= 15 is 0 Å². The molecule has 1 aliphatic carbocycles. The minimum atomic E-state index is -0.0301. The van der Waals surface area contributed by atoms with E-state index in [1.807, 2.05) is 43.4 Å². The predicted molar refractivity (Wildman–Crippen MR) is 110 cm³/mol. The van der Waals surface area contributed by atoms with Crippen molar-refractivity contribution in [2.24, 2.45) is 7.05 Å². The summed E-state index contributed by atoms with van der Waals surface area (Å²) >= 11 is 1.44. The fourth-order valence-electron chi connectivity index (χ4n) is 3.76. The molecule has 0 atom stereocenters. The number of carbonyl (C=O) groups is 1. The highest BCUT2D eigenvalue weighted by atomic mass is 32.2. The van der Waals surface area contributed by atoms with Crippen molar-refractivity contribution >= 4 is 34.1 Å². The van der Waals surface area contributed by atoms with Crippen LogP contribution in [0.1, 0.15) is 43.8 Å². The molecule has 27 heavy (non-hydrogen) atoms. The Kier molecular flexibility index (Phi) is 5.43. The molecular formula is C21H24N4OS. The fraction of sp³-hybridized carbons (Fsp3) is 0.381. The Hall–Kier alpha value is -2.34. The van der Waals surface area contributed by atoms with Crippen LogP contribution in [-0.4, -0.2) is 26.4 Å². The second-order valence-electron chi connectivity index (χ2n) is 7.13. The van der Waals surface area contributed by atoms with Crippen LogP contribution in [0.2, 0.25) is 0 Å². The Bertz CT molecular complexity index is 946. The van der Waals surface area contributed by atoms with Crippen LogP contribution in [0.4, 0.5) is 5.69 Å². The average Bonchev–Trinajstić information content (AvgIpc) is 3.07. The zero-order valence-corrected chi connectivity index (χ0v) is 16.3. The zero-order valence-electron chi connectivity index (χ0n) is 15.5. The summed E-state index contributed by atoms with van der Waals surface area (Å²) in [4.78, 5) is 12.4. The highest BCUT2D eigenvalue weighted by molar-refractivity contribution is 7.99. The van der Waals surface area contributed by atoms with Crippen molar-refractivity contribution in [1.29, 1.82) is 0 Å². The second-order valence-corrected chi connectivity index (χ2v) is 8.08. The molecule has 6 heteroatoms. The van der Waals surface area contributed by atoms with Gasteiger partial charge in [0, 0.05) is 18.7 Å². The summed E-state index contributed by atoms with van der Waals surface area (Å²) in [5.41, 5.74) is 0.820. The van der Waals surface area contributed by atoms with E-state index in [1.54, 1.807) is 0 Å². The smallest absolute Gasteiger partial charge is 0.234 e. The minimum absolute atomic E-state index is 0.0301. The van der Waals surface area contributed by atoms with Crippen LogP contribution in [0, 0.1) is 0 Å². The quantitative estimate of drug-likeness (QED) is 0.649. The normalized spacial score (nSPS) is 15.1. The van der Waals surface area contributed by atoms with Crippen molar-refractivity contribution < 1.29 is 4.79 Å². The highest BCUT2D eigenvalue weighted by Crippen LogP contribution is 2.32. The largest absolute Gasteiger partial charge is 0.325 e. The van der Waals surface area contributed by atoms with Gasteiger partial charge in [0.05, 0.1) is 5.75 Å². The summed E-state index contributed by atoms with van der Waals surface area (Å²) in [6.07, 6.45) is 6.26. The van der Waals surface area contributed by atoms with Crippen LogP contribution in [0.5, 0.6) is 0 Å². The molecule has 1 heterocycles. The van der Waals surface area contributed by atoms with Crippen molar-refractivity contribution in [3.63, 3.8) is 0 Å². The zero-order chi connectivity index (χ0) is 18.6. The van der Waals surface area contributed by atoms with Crippen molar-refractivity contribution in [1.82, 2.24) is 14.8 Å². The molecule has 3 aromatic rings. The van der Waals surface area contributed by atoms with Crippen LogP contribution in [-0.2, 0) is 11.8 Å². The molecule has 0 aliphatic heterocycles. The van der Waals surface area contributed by atoms with Gasteiger partial charge in [-0.25, -0.2) is 0 Å². The molecule has 4 rings (SSSR count). The number of nitrogens with one attached hydrogen (secondary N) is 1. The summed E-state index contributed by atoms with van der Waals surface area (Å²) in [5, 5.41) is 14.8. The fourth-order valence-corrected chi connectivity index (χ4v) is 4.48. The molecule has 1 amide bonds. The molecule has 1 fully saturated rings. The van der Waals surface area contributed by atoms with E-state index in [-0.39, 0.29) is 5.91 Å². The van der Waals surface area contributed by atoms with Crippen molar-refractivity contribution in [3.8, 4) is 0 Å². The Balaban J connectivity index is 1.36. The van der Waals surface area contributed by atoms with Gasteiger partial charge in [-0.1, -0.05) is 61.4 Å². The molecule has 0 saturated heterocycles. The van der Waals surface area contributed by atoms with E-state index < -0.39 is 0 Å². The average molecular weight is 381 g/mol. The summed E-state index contributed by atoms with van der Waals surface area (Å²) in [5.74, 6) is 1.87. The van der Waals surface area contributed by atoms with Gasteiger partial charge in [0.25, 0.3) is 0 Å². The number of benzene rings is 2. The molecule has 0 bridgehead atoms. The van der Waals surface area contributed by atoms with E-state index in [4.69, 9.17) is 0 Å². The number of hydrogen-bond donors (Lipinski definition) is 1. The van der Waals surface area contributed by atoms with E-state index in [9.17, 15) is 4.79 Å². The number of fused-ring (bicyclic) bond motifs is 1. The van der Waals surface area contributed by atoms with Crippen LogP contribution >= 0.6 is 11.8 Å². The van der Waals surface area contributed by atoms with Crippen LogP contribution in [0.15, 0.2) is 47.6 Å². The van der Waals surface area contributed by atoms with Crippen molar-refractivity contribution in [2.75, 3.05) is 11.1 Å². The number of aromatic nitrogens is 3. The number of carbonyl (C=O) groups excluding carboxylic acids is 1. The number of amides is 1. The monoisotopic (exact) mass is 380 g/mol. The predicted octanol–water partition coefficient (Wildman–Crippen LogP) is 4.75. The van der Waals surface area contributed by atoms with Gasteiger partial charge in [-0.05, 0) is 35.7 Å². The molecule has 1 N–H and O–H groups in total. The number of anilines is 1. The highest BCUT2D eigenvalue weighted by Gasteiger charge is 2.22. The molecule has 1 aromatic heterocycles. The Labute approximate surface area is 163 Å². The first-order chi connectivity index (χ1) is 13.2. The van der Waals surface area contributed by atoms with Crippen LogP contribution in [0.3, 0.4) is 0 Å². The molecule has 140 valence electrons. The lowest BCUT2D eigenvalue weighted by atomic mass is 9.89. The molecule has 0 radical (unpaired) electrons. The molecule has 5 nitrogen and oxygen atoms in total. The molecule has 1 saturated carbocycles. The third kappa shape index (κ3) is 4.16. The number of hydrogen-bond acceptors (Lipinski definition) is 4. The van der Waals surface area contributed by atoms with Gasteiger partial charge >= 0.3 is 0 Å². The third-order valence-corrected chi connectivity index (χ3v) is 6.22. The van der Waals surface area contributed by atoms with Crippen LogP contribution in [0.25, 0.3) is 10.8 Å². The number of rotatable bonds is 5. The van der Waals surface area contributed by atoms with Gasteiger partial charge in [0.1, 0.15) is 5.82 Å². The summed E-state index contributed by atoms with van der Waals surface area (Å²) < 4.78 is 2.06. The van der Waals surface area contributed by atoms with Crippen molar-refractivity contribution in [3.05, 3.63) is 48.3 Å². The maximum Gasteiger partial charge on any atom is 0.234 e. The number of thioether (sulfide) groups is 1. The van der Waals surface area contributed by atoms with Crippen LogP contribution < -0.4 is 5.32 Å². The van der Waals surface area contributed by atoms with E-state index in [0.717, 1.165) is 22.1 Å². The lowest BCUT2D eigenvalue weighted by Crippen LogP contribution is -2.15. The first kappa shape index (κ1) is 18.0. The Morgan fingerprint density at radius 1 is 1.11 bits per heavy atom. The molecule has 0 spiro atoms. The lowest BCUT2D eigenvalue weighted by molar-refractivity contribution is -0.113. The molecule has 0 unspecified atom stereocenters. The van der Waals surface area contributed by atoms with Gasteiger partial charge in [-0.3, -0.25) is 4.79 Å². The Morgan fingerprint density at radius 3 is 2.70 bits per heavy atom. The summed E-state index contributed by atoms with van der Waals surface area (Å²) in [7, 11) is 2.01. The van der Waals surface area contributed by atoms with Gasteiger partial charge in [-0.2, -0.15) is 0 Å².